The zero-order valence-electron chi connectivity index (χ0n) is 5.51. The van der Waals surface area contributed by atoms with Crippen LogP contribution in [0.4, 0.5) is 0 Å². The first-order valence-corrected chi connectivity index (χ1v) is 3.79. The van der Waals surface area contributed by atoms with Gasteiger partial charge in [-0.15, -0.1) is 0 Å². The molecule has 1 rings (SSSR count). The van der Waals surface area contributed by atoms with E-state index in [2.05, 4.69) is 9.97 Å². The van der Waals surface area contributed by atoms with Crippen LogP contribution in [0.25, 0.3) is 0 Å². The van der Waals surface area contributed by atoms with Gasteiger partial charge in [-0.2, -0.15) is 0 Å². The smallest absolute Gasteiger partial charge is 0.256 e. The number of nitro groups is 1. The van der Waals surface area contributed by atoms with Gasteiger partial charge in [0.1, 0.15) is 0 Å². The molecular weight excluding hydrogens is 166 g/mol. The standard InChI is InChI=1S/C5H5N3O2S/c9-8(10)4-11-5-6-2-1-3-7-5/h1-3H,4H2. The summed E-state index contributed by atoms with van der Waals surface area (Å²) in [5.74, 6) is -0.190. The fourth-order valence-corrected chi connectivity index (χ4v) is 0.962. The molecule has 0 amide bonds. The third kappa shape index (κ3) is 2.94. The van der Waals surface area contributed by atoms with Crippen LogP contribution in [-0.4, -0.2) is 20.8 Å². The molecule has 58 valence electrons. The number of thioether (sulfide) groups is 1. The van der Waals surface area contributed by atoms with Crippen LogP contribution in [0, 0.1) is 10.1 Å². The van der Waals surface area contributed by atoms with E-state index < -0.39 is 4.92 Å². The molecule has 0 aliphatic rings. The Hall–Kier alpha value is -1.17. The highest BCUT2D eigenvalue weighted by Gasteiger charge is 2.00. The average molecular weight is 171 g/mol. The van der Waals surface area contributed by atoms with Gasteiger partial charge in [0.2, 0.25) is 0 Å². The van der Waals surface area contributed by atoms with Crippen molar-refractivity contribution in [3.05, 3.63) is 28.6 Å². The molecule has 0 saturated heterocycles. The lowest BCUT2D eigenvalue weighted by atomic mass is 10.7. The molecule has 0 fully saturated rings. The van der Waals surface area contributed by atoms with Crippen LogP contribution < -0.4 is 0 Å². The molecule has 0 spiro atoms. The Balaban J connectivity index is 2.45. The van der Waals surface area contributed by atoms with Gasteiger partial charge in [0.15, 0.2) is 5.16 Å². The lowest BCUT2D eigenvalue weighted by Crippen LogP contribution is -1.96. The van der Waals surface area contributed by atoms with Crippen molar-refractivity contribution in [1.29, 1.82) is 0 Å². The molecule has 0 atom stereocenters. The van der Waals surface area contributed by atoms with E-state index in [1.54, 1.807) is 18.5 Å². The number of rotatable bonds is 3. The van der Waals surface area contributed by atoms with Crippen LogP contribution in [0.3, 0.4) is 0 Å². The monoisotopic (exact) mass is 171 g/mol. The quantitative estimate of drug-likeness (QED) is 0.221. The average Bonchev–Trinajstić information content (AvgIpc) is 2.03. The van der Waals surface area contributed by atoms with Crippen LogP contribution in [0.1, 0.15) is 0 Å². The van der Waals surface area contributed by atoms with Gasteiger partial charge in [-0.3, -0.25) is 10.1 Å². The minimum Gasteiger partial charge on any atom is -0.264 e. The van der Waals surface area contributed by atoms with Gasteiger partial charge in [-0.1, -0.05) is 0 Å². The topological polar surface area (TPSA) is 68.9 Å². The van der Waals surface area contributed by atoms with E-state index in [9.17, 15) is 10.1 Å². The van der Waals surface area contributed by atoms with Crippen molar-refractivity contribution in [2.45, 2.75) is 5.16 Å². The summed E-state index contributed by atoms with van der Waals surface area (Å²) in [5.41, 5.74) is 0. The molecule has 0 saturated carbocycles. The van der Waals surface area contributed by atoms with E-state index in [-0.39, 0.29) is 5.88 Å². The Bertz CT molecular complexity index is 241. The van der Waals surface area contributed by atoms with Crippen molar-refractivity contribution in [3.63, 3.8) is 0 Å². The Labute approximate surface area is 67.0 Å². The van der Waals surface area contributed by atoms with Gasteiger partial charge in [-0.25, -0.2) is 9.97 Å². The van der Waals surface area contributed by atoms with Crippen molar-refractivity contribution in [1.82, 2.24) is 9.97 Å². The summed E-state index contributed by atoms with van der Waals surface area (Å²) in [4.78, 5) is 17.1. The summed E-state index contributed by atoms with van der Waals surface area (Å²) in [6, 6.07) is 1.66. The number of hydrogen-bond acceptors (Lipinski definition) is 5. The molecule has 0 aliphatic heterocycles. The van der Waals surface area contributed by atoms with Gasteiger partial charge in [0.05, 0.1) is 0 Å². The van der Waals surface area contributed by atoms with Crippen molar-refractivity contribution in [2.24, 2.45) is 0 Å². The maximum absolute atomic E-state index is 9.90. The minimum atomic E-state index is -0.416. The van der Waals surface area contributed by atoms with Gasteiger partial charge >= 0.3 is 0 Å². The van der Waals surface area contributed by atoms with Crippen LogP contribution in [-0.2, 0) is 0 Å². The summed E-state index contributed by atoms with van der Waals surface area (Å²) < 4.78 is 0. The maximum Gasteiger partial charge on any atom is 0.256 e. The predicted molar refractivity (Wildman–Crippen MR) is 39.8 cm³/mol. The number of aromatic nitrogens is 2. The lowest BCUT2D eigenvalue weighted by Gasteiger charge is -1.91. The molecule has 0 bridgehead atoms. The zero-order chi connectivity index (χ0) is 8.10. The van der Waals surface area contributed by atoms with Gasteiger partial charge in [0.25, 0.3) is 5.88 Å². The van der Waals surface area contributed by atoms with Gasteiger partial charge in [0, 0.05) is 17.3 Å². The van der Waals surface area contributed by atoms with E-state index in [0.717, 1.165) is 11.8 Å². The Morgan fingerprint density at radius 2 is 2.18 bits per heavy atom. The molecule has 0 aromatic carbocycles. The summed E-state index contributed by atoms with van der Waals surface area (Å²) in [7, 11) is 0. The molecule has 1 aromatic heterocycles. The second-order valence-electron chi connectivity index (χ2n) is 1.64. The zero-order valence-corrected chi connectivity index (χ0v) is 6.32. The molecule has 1 aromatic rings. The summed E-state index contributed by atoms with van der Waals surface area (Å²) >= 11 is 1.01. The van der Waals surface area contributed by atoms with E-state index >= 15 is 0 Å². The molecule has 11 heavy (non-hydrogen) atoms. The summed E-state index contributed by atoms with van der Waals surface area (Å²) in [5, 5.41) is 10.3. The first-order valence-electron chi connectivity index (χ1n) is 2.80. The highest BCUT2D eigenvalue weighted by Crippen LogP contribution is 2.09. The molecule has 6 heteroatoms. The number of nitrogens with zero attached hydrogens (tertiary/aromatic N) is 3. The van der Waals surface area contributed by atoms with Crippen LogP contribution in [0.5, 0.6) is 0 Å². The van der Waals surface area contributed by atoms with Crippen LogP contribution >= 0.6 is 11.8 Å². The SMILES string of the molecule is O=[N+]([O-])CSc1ncccn1. The molecule has 1 heterocycles. The molecule has 0 radical (unpaired) electrons. The Kier molecular flexibility index (Phi) is 2.79. The highest BCUT2D eigenvalue weighted by molar-refractivity contribution is 7.98. The Morgan fingerprint density at radius 3 is 2.73 bits per heavy atom. The van der Waals surface area contributed by atoms with E-state index in [1.807, 2.05) is 0 Å². The molecular formula is C5H5N3O2S. The third-order valence-electron chi connectivity index (χ3n) is 0.841. The maximum atomic E-state index is 9.90. The second-order valence-corrected chi connectivity index (χ2v) is 2.55. The van der Waals surface area contributed by atoms with Gasteiger partial charge < -0.3 is 0 Å². The molecule has 0 aliphatic carbocycles. The largest absolute Gasteiger partial charge is 0.264 e. The van der Waals surface area contributed by atoms with Crippen molar-refractivity contribution in [3.8, 4) is 0 Å². The van der Waals surface area contributed by atoms with Gasteiger partial charge in [-0.05, 0) is 17.8 Å². The van der Waals surface area contributed by atoms with Crippen LogP contribution in [0.15, 0.2) is 23.6 Å². The van der Waals surface area contributed by atoms with E-state index in [1.165, 1.54) is 0 Å². The first kappa shape index (κ1) is 7.93. The Morgan fingerprint density at radius 1 is 1.55 bits per heavy atom. The third-order valence-corrected chi connectivity index (χ3v) is 1.65. The molecule has 5 nitrogen and oxygen atoms in total. The van der Waals surface area contributed by atoms with Crippen molar-refractivity contribution < 1.29 is 4.92 Å². The normalized spacial score (nSPS) is 9.45. The highest BCUT2D eigenvalue weighted by atomic mass is 32.2. The molecule has 0 unspecified atom stereocenters. The second kappa shape index (κ2) is 3.87. The van der Waals surface area contributed by atoms with E-state index in [0.29, 0.717) is 5.16 Å². The summed E-state index contributed by atoms with van der Waals surface area (Å²) in [6.07, 6.45) is 3.10. The fraction of sp³-hybridized carbons (Fsp3) is 0.200. The summed E-state index contributed by atoms with van der Waals surface area (Å²) in [6.45, 7) is 0. The lowest BCUT2D eigenvalue weighted by molar-refractivity contribution is -0.456. The van der Waals surface area contributed by atoms with Crippen LogP contribution in [0.2, 0.25) is 0 Å². The predicted octanol–water partition coefficient (Wildman–Crippen LogP) is 0.803. The number of hydrogen-bond donors (Lipinski definition) is 0. The van der Waals surface area contributed by atoms with Crippen molar-refractivity contribution >= 4 is 11.8 Å². The fourth-order valence-electron chi connectivity index (χ4n) is 0.470. The first-order chi connectivity index (χ1) is 5.29. The van der Waals surface area contributed by atoms with E-state index in [4.69, 9.17) is 0 Å². The minimum absolute atomic E-state index is 0.190. The van der Waals surface area contributed by atoms with Crippen molar-refractivity contribution in [2.75, 3.05) is 5.88 Å². The molecule has 0 N–H and O–H groups in total.